The van der Waals surface area contributed by atoms with Crippen molar-refractivity contribution in [1.29, 1.82) is 0 Å². The van der Waals surface area contributed by atoms with Gasteiger partial charge in [0.1, 0.15) is 6.42 Å². The lowest BCUT2D eigenvalue weighted by atomic mass is 10.1. The van der Waals surface area contributed by atoms with E-state index in [2.05, 4.69) is 16.2 Å². The smallest absolute Gasteiger partial charge is 0.236 e. The van der Waals surface area contributed by atoms with E-state index < -0.39 is 0 Å². The van der Waals surface area contributed by atoms with Crippen molar-refractivity contribution in [3.8, 4) is 0 Å². The van der Waals surface area contributed by atoms with Crippen molar-refractivity contribution in [3.05, 3.63) is 65.0 Å². The lowest BCUT2D eigenvalue weighted by Crippen LogP contribution is -2.32. The number of aryl methyl sites for hydroxylation is 1. The number of anilines is 2. The molecule has 0 saturated carbocycles. The zero-order valence-corrected chi connectivity index (χ0v) is 13.4. The molecule has 0 bridgehead atoms. The van der Waals surface area contributed by atoms with E-state index in [0.717, 1.165) is 17.7 Å². The number of fused-ring (bicyclic) bond motifs is 1. The highest BCUT2D eigenvalue weighted by atomic mass is 16.2. The molecular weight excluding hydrogens is 302 g/mol. The van der Waals surface area contributed by atoms with E-state index in [9.17, 15) is 9.59 Å². The van der Waals surface area contributed by atoms with Crippen molar-refractivity contribution in [2.45, 2.75) is 19.8 Å². The van der Waals surface area contributed by atoms with Gasteiger partial charge < -0.3 is 10.2 Å². The molecule has 0 saturated heterocycles. The number of carbonyl (C=O) groups excluding carboxylic acids is 2. The number of benzene rings is 2. The maximum atomic E-state index is 12.4. The van der Waals surface area contributed by atoms with Gasteiger partial charge >= 0.3 is 0 Å². The van der Waals surface area contributed by atoms with Crippen LogP contribution in [0.2, 0.25) is 0 Å². The fourth-order valence-electron chi connectivity index (χ4n) is 2.85. The minimum atomic E-state index is -0.351. The van der Waals surface area contributed by atoms with Gasteiger partial charge in [0.05, 0.1) is 6.57 Å². The van der Waals surface area contributed by atoms with E-state index >= 15 is 0 Å². The molecule has 3 rings (SSSR count). The van der Waals surface area contributed by atoms with Gasteiger partial charge in [0, 0.05) is 17.9 Å². The van der Waals surface area contributed by atoms with Gasteiger partial charge in [-0.2, -0.15) is 0 Å². The standard InChI is InChI=1S/C19H17N3O2/c1-13-3-8-17-14(11-13)9-10-22(17)19(24)12-18(23)21-16-6-4-15(20-2)5-7-16/h3-8,11H,9-10,12H2,1H3,(H,21,23). The lowest BCUT2D eigenvalue weighted by molar-refractivity contribution is -0.125. The molecule has 1 aliphatic rings. The van der Waals surface area contributed by atoms with Crippen molar-refractivity contribution < 1.29 is 9.59 Å². The fraction of sp³-hybridized carbons (Fsp3) is 0.211. The molecule has 0 aliphatic carbocycles. The Bertz CT molecular complexity index is 835. The number of hydrogen-bond donors (Lipinski definition) is 1. The Balaban J connectivity index is 1.63. The van der Waals surface area contributed by atoms with Gasteiger partial charge in [-0.1, -0.05) is 29.8 Å². The number of rotatable bonds is 3. The highest BCUT2D eigenvalue weighted by Gasteiger charge is 2.25. The Morgan fingerprint density at radius 1 is 1.21 bits per heavy atom. The summed E-state index contributed by atoms with van der Waals surface area (Å²) in [5.41, 5.74) is 4.31. The molecule has 1 heterocycles. The molecule has 0 radical (unpaired) electrons. The zero-order valence-electron chi connectivity index (χ0n) is 13.4. The molecule has 0 fully saturated rings. The second-order valence-electron chi connectivity index (χ2n) is 5.81. The quantitative estimate of drug-likeness (QED) is 0.696. The van der Waals surface area contributed by atoms with Gasteiger partial charge in [0.2, 0.25) is 11.8 Å². The molecule has 0 aromatic heterocycles. The molecular formula is C19H17N3O2. The Morgan fingerprint density at radius 3 is 2.67 bits per heavy atom. The van der Waals surface area contributed by atoms with Gasteiger partial charge in [-0.3, -0.25) is 9.59 Å². The summed E-state index contributed by atoms with van der Waals surface area (Å²) >= 11 is 0. The monoisotopic (exact) mass is 319 g/mol. The molecule has 0 unspecified atom stereocenters. The molecule has 5 nitrogen and oxygen atoms in total. The van der Waals surface area contributed by atoms with Crippen LogP contribution in [0.5, 0.6) is 0 Å². The maximum absolute atomic E-state index is 12.4. The SMILES string of the molecule is [C-]#[N+]c1ccc(NC(=O)CC(=O)N2CCc3cc(C)ccc32)cc1. The Hall–Kier alpha value is -3.13. The molecule has 2 amide bonds. The molecule has 1 aliphatic heterocycles. The van der Waals surface area contributed by atoms with Crippen LogP contribution in [0.15, 0.2) is 42.5 Å². The minimum absolute atomic E-state index is 0.197. The van der Waals surface area contributed by atoms with Crippen LogP contribution >= 0.6 is 0 Å². The van der Waals surface area contributed by atoms with Crippen molar-refractivity contribution in [2.24, 2.45) is 0 Å². The van der Waals surface area contributed by atoms with Crippen LogP contribution in [0.1, 0.15) is 17.5 Å². The van der Waals surface area contributed by atoms with E-state index in [0.29, 0.717) is 17.9 Å². The third-order valence-electron chi connectivity index (χ3n) is 4.02. The van der Waals surface area contributed by atoms with Crippen molar-refractivity contribution in [2.75, 3.05) is 16.8 Å². The minimum Gasteiger partial charge on any atom is -0.326 e. The Labute approximate surface area is 140 Å². The van der Waals surface area contributed by atoms with Gasteiger partial charge in [-0.15, -0.1) is 0 Å². The summed E-state index contributed by atoms with van der Waals surface area (Å²) in [6.07, 6.45) is 0.625. The summed E-state index contributed by atoms with van der Waals surface area (Å²) in [5, 5.41) is 2.69. The highest BCUT2D eigenvalue weighted by Crippen LogP contribution is 2.29. The first-order valence-electron chi connectivity index (χ1n) is 7.74. The van der Waals surface area contributed by atoms with E-state index in [-0.39, 0.29) is 18.2 Å². The zero-order chi connectivity index (χ0) is 17.1. The lowest BCUT2D eigenvalue weighted by Gasteiger charge is -2.17. The van der Waals surface area contributed by atoms with Crippen LogP contribution in [0.25, 0.3) is 4.85 Å². The predicted octanol–water partition coefficient (Wildman–Crippen LogP) is 3.46. The molecule has 0 spiro atoms. The van der Waals surface area contributed by atoms with Gasteiger partial charge in [-0.05, 0) is 37.1 Å². The van der Waals surface area contributed by atoms with Crippen LogP contribution in [-0.4, -0.2) is 18.4 Å². The summed E-state index contributed by atoms with van der Waals surface area (Å²) < 4.78 is 0. The summed E-state index contributed by atoms with van der Waals surface area (Å²) in [6.45, 7) is 9.54. The van der Waals surface area contributed by atoms with Gasteiger partial charge in [0.25, 0.3) is 0 Å². The second kappa shape index (κ2) is 6.55. The van der Waals surface area contributed by atoms with Crippen LogP contribution in [0.3, 0.4) is 0 Å². The van der Waals surface area contributed by atoms with Crippen LogP contribution in [-0.2, 0) is 16.0 Å². The van der Waals surface area contributed by atoms with Crippen LogP contribution in [0, 0.1) is 13.5 Å². The predicted molar refractivity (Wildman–Crippen MR) is 93.2 cm³/mol. The second-order valence-corrected chi connectivity index (χ2v) is 5.81. The molecule has 1 N–H and O–H groups in total. The number of nitrogens with zero attached hydrogens (tertiary/aromatic N) is 2. The van der Waals surface area contributed by atoms with E-state index in [1.54, 1.807) is 29.2 Å². The maximum Gasteiger partial charge on any atom is 0.236 e. The van der Waals surface area contributed by atoms with E-state index in [4.69, 9.17) is 6.57 Å². The summed E-state index contributed by atoms with van der Waals surface area (Å²) in [7, 11) is 0. The molecule has 2 aromatic rings. The van der Waals surface area contributed by atoms with E-state index in [1.807, 2.05) is 19.1 Å². The summed E-state index contributed by atoms with van der Waals surface area (Å²) in [6, 6.07) is 12.6. The Kier molecular flexibility index (Phi) is 4.30. The van der Waals surface area contributed by atoms with Crippen molar-refractivity contribution >= 4 is 28.9 Å². The normalized spacial score (nSPS) is 12.4. The molecule has 2 aromatic carbocycles. The van der Waals surface area contributed by atoms with Gasteiger partial charge in [-0.25, -0.2) is 4.85 Å². The summed E-state index contributed by atoms with van der Waals surface area (Å²) in [5.74, 6) is -0.552. The highest BCUT2D eigenvalue weighted by molar-refractivity contribution is 6.09. The van der Waals surface area contributed by atoms with E-state index in [1.165, 1.54) is 5.56 Å². The number of amides is 2. The van der Waals surface area contributed by atoms with Crippen molar-refractivity contribution in [1.82, 2.24) is 0 Å². The first kappa shape index (κ1) is 15.8. The third-order valence-corrected chi connectivity index (χ3v) is 4.02. The number of hydrogen-bond acceptors (Lipinski definition) is 2. The molecule has 24 heavy (non-hydrogen) atoms. The first-order valence-corrected chi connectivity index (χ1v) is 7.74. The first-order chi connectivity index (χ1) is 11.6. The fourth-order valence-corrected chi connectivity index (χ4v) is 2.85. The average Bonchev–Trinajstić information content (AvgIpc) is 2.98. The number of carbonyl (C=O) groups is 2. The Morgan fingerprint density at radius 2 is 1.96 bits per heavy atom. The van der Waals surface area contributed by atoms with Crippen LogP contribution in [0.4, 0.5) is 17.1 Å². The molecule has 5 heteroatoms. The number of nitrogens with one attached hydrogen (secondary N) is 1. The largest absolute Gasteiger partial charge is 0.326 e. The molecule has 120 valence electrons. The summed E-state index contributed by atoms with van der Waals surface area (Å²) in [4.78, 5) is 29.5. The van der Waals surface area contributed by atoms with Gasteiger partial charge in [0.15, 0.2) is 5.69 Å². The van der Waals surface area contributed by atoms with Crippen LogP contribution < -0.4 is 10.2 Å². The third kappa shape index (κ3) is 3.28. The van der Waals surface area contributed by atoms with Crippen molar-refractivity contribution in [3.63, 3.8) is 0 Å². The topological polar surface area (TPSA) is 53.8 Å². The average molecular weight is 319 g/mol. The molecule has 0 atom stereocenters.